The summed E-state index contributed by atoms with van der Waals surface area (Å²) in [6.45, 7) is 3.74. The molecule has 0 N–H and O–H groups in total. The molecule has 0 bridgehead atoms. The minimum absolute atomic E-state index is 0.0117. The van der Waals surface area contributed by atoms with Gasteiger partial charge in [0.25, 0.3) is 5.91 Å². The van der Waals surface area contributed by atoms with Crippen molar-refractivity contribution in [1.82, 2.24) is 14.8 Å². The van der Waals surface area contributed by atoms with E-state index in [1.165, 1.54) is 6.92 Å². The lowest BCUT2D eigenvalue weighted by atomic mass is 10.2. The molecule has 0 saturated carbocycles. The Bertz CT molecular complexity index is 545. The fourth-order valence-corrected chi connectivity index (χ4v) is 2.46. The van der Waals surface area contributed by atoms with Crippen molar-refractivity contribution in [2.45, 2.75) is 26.2 Å². The maximum atomic E-state index is 12.4. The van der Waals surface area contributed by atoms with Crippen LogP contribution in [0.2, 0.25) is 0 Å². The number of ketones is 1. The monoisotopic (exact) mass is 303 g/mol. The Kier molecular flexibility index (Phi) is 5.63. The molecule has 1 aliphatic heterocycles. The van der Waals surface area contributed by atoms with E-state index >= 15 is 0 Å². The van der Waals surface area contributed by atoms with E-state index in [9.17, 15) is 14.4 Å². The number of carbonyl (C=O) groups is 3. The molecule has 1 aliphatic rings. The highest BCUT2D eigenvalue weighted by Gasteiger charge is 2.23. The summed E-state index contributed by atoms with van der Waals surface area (Å²) in [5, 5.41) is 0. The van der Waals surface area contributed by atoms with Gasteiger partial charge in [-0.15, -0.1) is 0 Å². The summed E-state index contributed by atoms with van der Waals surface area (Å²) in [5.74, 6) is -0.0869. The third-order valence-corrected chi connectivity index (χ3v) is 3.71. The number of amides is 2. The molecule has 0 spiro atoms. The van der Waals surface area contributed by atoms with Crippen LogP contribution in [-0.4, -0.2) is 58.6 Å². The average Bonchev–Trinajstić information content (AvgIpc) is 2.78. The highest BCUT2D eigenvalue weighted by molar-refractivity contribution is 5.92. The summed E-state index contributed by atoms with van der Waals surface area (Å²) >= 11 is 0. The molecular weight excluding hydrogens is 282 g/mol. The fourth-order valence-electron chi connectivity index (χ4n) is 2.46. The molecule has 2 rings (SSSR count). The third kappa shape index (κ3) is 4.38. The van der Waals surface area contributed by atoms with Gasteiger partial charge in [-0.3, -0.25) is 14.6 Å². The van der Waals surface area contributed by atoms with Crippen molar-refractivity contribution >= 4 is 17.6 Å². The quantitative estimate of drug-likeness (QED) is 0.836. The first kappa shape index (κ1) is 16.1. The number of carbonyl (C=O) groups excluding carboxylic acids is 3. The normalized spacial score (nSPS) is 15.3. The molecule has 2 heterocycles. The van der Waals surface area contributed by atoms with E-state index in [1.807, 2.05) is 0 Å². The van der Waals surface area contributed by atoms with E-state index in [0.717, 1.165) is 6.42 Å². The lowest BCUT2D eigenvalue weighted by molar-refractivity contribution is -0.132. The van der Waals surface area contributed by atoms with E-state index in [1.54, 1.807) is 34.2 Å². The highest BCUT2D eigenvalue weighted by atomic mass is 16.2. The van der Waals surface area contributed by atoms with Crippen molar-refractivity contribution in [3.63, 3.8) is 0 Å². The molecule has 0 aliphatic carbocycles. The highest BCUT2D eigenvalue weighted by Crippen LogP contribution is 2.09. The standard InChI is InChI=1S/C16H21N3O3/c1-13(20)6-7-15(21)18-9-4-10-19(12-11-18)16(22)14-5-2-3-8-17-14/h2-3,5,8H,4,6-7,9-12H2,1H3. The zero-order valence-corrected chi connectivity index (χ0v) is 12.8. The van der Waals surface area contributed by atoms with Gasteiger partial charge in [-0.2, -0.15) is 0 Å². The van der Waals surface area contributed by atoms with Crippen molar-refractivity contribution in [1.29, 1.82) is 0 Å². The molecule has 0 atom stereocenters. The van der Waals surface area contributed by atoms with Gasteiger partial charge in [0.1, 0.15) is 11.5 Å². The maximum Gasteiger partial charge on any atom is 0.272 e. The minimum atomic E-state index is -0.0985. The van der Waals surface area contributed by atoms with E-state index in [-0.39, 0.29) is 30.4 Å². The fraction of sp³-hybridized carbons (Fsp3) is 0.500. The van der Waals surface area contributed by atoms with Gasteiger partial charge in [0.15, 0.2) is 0 Å². The van der Waals surface area contributed by atoms with E-state index in [0.29, 0.717) is 31.9 Å². The van der Waals surface area contributed by atoms with Crippen molar-refractivity contribution in [3.05, 3.63) is 30.1 Å². The molecule has 1 saturated heterocycles. The predicted octanol–water partition coefficient (Wildman–Crippen LogP) is 1.13. The smallest absolute Gasteiger partial charge is 0.272 e. The van der Waals surface area contributed by atoms with Gasteiger partial charge >= 0.3 is 0 Å². The van der Waals surface area contributed by atoms with Crippen molar-refractivity contribution < 1.29 is 14.4 Å². The number of hydrogen-bond acceptors (Lipinski definition) is 4. The second kappa shape index (κ2) is 7.68. The first-order valence-corrected chi connectivity index (χ1v) is 7.55. The first-order valence-electron chi connectivity index (χ1n) is 7.55. The van der Waals surface area contributed by atoms with E-state index in [4.69, 9.17) is 0 Å². The van der Waals surface area contributed by atoms with Crippen LogP contribution in [0.1, 0.15) is 36.7 Å². The van der Waals surface area contributed by atoms with Crippen LogP contribution in [0.4, 0.5) is 0 Å². The summed E-state index contributed by atoms with van der Waals surface area (Å²) in [6.07, 6.45) is 2.88. The minimum Gasteiger partial charge on any atom is -0.341 e. The Balaban J connectivity index is 1.91. The Hall–Kier alpha value is -2.24. The molecule has 1 aromatic heterocycles. The second-order valence-electron chi connectivity index (χ2n) is 5.44. The molecule has 2 amide bonds. The number of nitrogens with zero attached hydrogens (tertiary/aromatic N) is 3. The summed E-state index contributed by atoms with van der Waals surface area (Å²) in [6, 6.07) is 5.26. The Morgan fingerprint density at radius 3 is 2.45 bits per heavy atom. The summed E-state index contributed by atoms with van der Waals surface area (Å²) < 4.78 is 0. The molecule has 0 unspecified atom stereocenters. The van der Waals surface area contributed by atoms with Gasteiger partial charge in [0.2, 0.25) is 5.91 Å². The van der Waals surface area contributed by atoms with E-state index < -0.39 is 0 Å². The topological polar surface area (TPSA) is 70.6 Å². The van der Waals surface area contributed by atoms with Crippen molar-refractivity contribution in [2.24, 2.45) is 0 Å². The lowest BCUT2D eigenvalue weighted by Crippen LogP contribution is -2.37. The molecule has 0 aromatic carbocycles. The van der Waals surface area contributed by atoms with Crippen LogP contribution in [-0.2, 0) is 9.59 Å². The molecule has 6 nitrogen and oxygen atoms in total. The van der Waals surface area contributed by atoms with Gasteiger partial charge in [0, 0.05) is 45.2 Å². The van der Waals surface area contributed by atoms with Crippen LogP contribution < -0.4 is 0 Å². The molecular formula is C16H21N3O3. The number of pyridine rings is 1. The van der Waals surface area contributed by atoms with Crippen LogP contribution in [0.25, 0.3) is 0 Å². The largest absolute Gasteiger partial charge is 0.341 e. The molecule has 22 heavy (non-hydrogen) atoms. The third-order valence-electron chi connectivity index (χ3n) is 3.71. The van der Waals surface area contributed by atoms with Gasteiger partial charge in [-0.1, -0.05) is 6.07 Å². The van der Waals surface area contributed by atoms with Crippen LogP contribution in [0.15, 0.2) is 24.4 Å². The Labute approximate surface area is 130 Å². The van der Waals surface area contributed by atoms with Crippen molar-refractivity contribution in [3.8, 4) is 0 Å². The van der Waals surface area contributed by atoms with Crippen LogP contribution >= 0.6 is 0 Å². The summed E-state index contributed by atoms with van der Waals surface area (Å²) in [4.78, 5) is 42.9. The lowest BCUT2D eigenvalue weighted by Gasteiger charge is -2.22. The average molecular weight is 303 g/mol. The second-order valence-corrected chi connectivity index (χ2v) is 5.44. The Morgan fingerprint density at radius 1 is 1.05 bits per heavy atom. The maximum absolute atomic E-state index is 12.4. The van der Waals surface area contributed by atoms with Gasteiger partial charge in [0.05, 0.1) is 0 Å². The summed E-state index contributed by atoms with van der Waals surface area (Å²) in [5.41, 5.74) is 0.429. The summed E-state index contributed by atoms with van der Waals surface area (Å²) in [7, 11) is 0. The predicted molar refractivity (Wildman–Crippen MR) is 81.3 cm³/mol. The number of hydrogen-bond donors (Lipinski definition) is 0. The van der Waals surface area contributed by atoms with Crippen LogP contribution in [0.3, 0.4) is 0 Å². The molecule has 1 fully saturated rings. The van der Waals surface area contributed by atoms with Crippen LogP contribution in [0.5, 0.6) is 0 Å². The Morgan fingerprint density at radius 2 is 1.77 bits per heavy atom. The molecule has 6 heteroatoms. The molecule has 1 aromatic rings. The number of rotatable bonds is 4. The zero-order valence-electron chi connectivity index (χ0n) is 12.8. The van der Waals surface area contributed by atoms with Gasteiger partial charge in [-0.25, -0.2) is 0 Å². The zero-order chi connectivity index (χ0) is 15.9. The first-order chi connectivity index (χ1) is 10.6. The molecule has 118 valence electrons. The number of aromatic nitrogens is 1. The van der Waals surface area contributed by atoms with Crippen LogP contribution in [0, 0.1) is 0 Å². The van der Waals surface area contributed by atoms with E-state index in [2.05, 4.69) is 4.98 Å². The van der Waals surface area contributed by atoms with Gasteiger partial charge < -0.3 is 14.6 Å². The number of Topliss-reactive ketones (excluding diaryl/α,β-unsaturated/α-hetero) is 1. The SMILES string of the molecule is CC(=O)CCC(=O)N1CCCN(C(=O)c2ccccn2)CC1. The van der Waals surface area contributed by atoms with Gasteiger partial charge in [-0.05, 0) is 25.5 Å². The molecule has 0 radical (unpaired) electrons. The van der Waals surface area contributed by atoms with Crippen molar-refractivity contribution in [2.75, 3.05) is 26.2 Å².